The highest BCUT2D eigenvalue weighted by molar-refractivity contribution is 5.73. The van der Waals surface area contributed by atoms with Gasteiger partial charge in [0.2, 0.25) is 0 Å². The highest BCUT2D eigenvalue weighted by Crippen LogP contribution is 2.27. The number of hydrogen-bond acceptors (Lipinski definition) is 2. The fourth-order valence-electron chi connectivity index (χ4n) is 2.96. The molecule has 0 saturated carbocycles. The molecular formula is C23H24N2. The molecule has 0 bridgehead atoms. The molecule has 0 heterocycles. The van der Waals surface area contributed by atoms with E-state index in [9.17, 15) is 0 Å². The molecule has 25 heavy (non-hydrogen) atoms. The summed E-state index contributed by atoms with van der Waals surface area (Å²) in [6, 6.07) is 28.2. The van der Waals surface area contributed by atoms with Crippen molar-refractivity contribution >= 4 is 0 Å². The largest absolute Gasteiger partial charge is 0.394 e. The van der Waals surface area contributed by atoms with Crippen LogP contribution in [0, 0.1) is 0 Å². The van der Waals surface area contributed by atoms with E-state index < -0.39 is 0 Å². The zero-order chi connectivity index (χ0) is 17.5. The fourth-order valence-corrected chi connectivity index (χ4v) is 2.96. The van der Waals surface area contributed by atoms with Crippen LogP contribution in [0.1, 0.15) is 11.6 Å². The van der Waals surface area contributed by atoms with Crippen LogP contribution >= 0.6 is 0 Å². The number of benzene rings is 3. The lowest BCUT2D eigenvalue weighted by molar-refractivity contribution is 0.711. The van der Waals surface area contributed by atoms with E-state index in [2.05, 4.69) is 89.5 Å². The molecule has 126 valence electrons. The first kappa shape index (κ1) is 17.0. The maximum Gasteiger partial charge on any atom is 0.0520 e. The third kappa shape index (κ3) is 4.17. The Bertz CT molecular complexity index is 820. The van der Waals surface area contributed by atoms with Gasteiger partial charge in [0.15, 0.2) is 0 Å². The fraction of sp³-hybridized carbons (Fsp3) is 0.130. The molecule has 1 atom stereocenters. The molecule has 0 aromatic heterocycles. The lowest BCUT2D eigenvalue weighted by Gasteiger charge is -2.13. The van der Waals surface area contributed by atoms with Crippen molar-refractivity contribution in [1.29, 1.82) is 0 Å². The summed E-state index contributed by atoms with van der Waals surface area (Å²) in [6.45, 7) is 0. The van der Waals surface area contributed by atoms with E-state index in [1.165, 1.54) is 27.8 Å². The molecule has 0 aliphatic rings. The SMILES string of the molecule is CN/C=C\C(NC)c1ccc(-c2cccc(-c3ccccc3)c2)cc1. The van der Waals surface area contributed by atoms with E-state index in [4.69, 9.17) is 0 Å². The molecule has 3 aromatic rings. The Kier molecular flexibility index (Phi) is 5.65. The Morgan fingerprint density at radius 2 is 1.28 bits per heavy atom. The Morgan fingerprint density at radius 3 is 1.88 bits per heavy atom. The van der Waals surface area contributed by atoms with Gasteiger partial charge in [-0.05, 0) is 53.2 Å². The van der Waals surface area contributed by atoms with Gasteiger partial charge in [-0.2, -0.15) is 0 Å². The zero-order valence-corrected chi connectivity index (χ0v) is 14.7. The summed E-state index contributed by atoms with van der Waals surface area (Å²) < 4.78 is 0. The predicted octanol–water partition coefficient (Wildman–Crippen LogP) is 5.01. The van der Waals surface area contributed by atoms with Gasteiger partial charge in [0, 0.05) is 7.05 Å². The summed E-state index contributed by atoms with van der Waals surface area (Å²) in [4.78, 5) is 0. The van der Waals surface area contributed by atoms with Crippen LogP contribution in [-0.4, -0.2) is 14.1 Å². The van der Waals surface area contributed by atoms with Gasteiger partial charge in [0.1, 0.15) is 0 Å². The first-order valence-corrected chi connectivity index (χ1v) is 8.59. The Labute approximate surface area is 150 Å². The van der Waals surface area contributed by atoms with Crippen molar-refractivity contribution in [2.75, 3.05) is 14.1 Å². The average molecular weight is 328 g/mol. The first-order chi connectivity index (χ1) is 12.3. The van der Waals surface area contributed by atoms with E-state index in [1.54, 1.807) is 0 Å². The van der Waals surface area contributed by atoms with Crippen LogP contribution in [0.15, 0.2) is 91.1 Å². The summed E-state index contributed by atoms with van der Waals surface area (Å²) in [5.41, 5.74) is 6.20. The van der Waals surface area contributed by atoms with E-state index >= 15 is 0 Å². The standard InChI is InChI=1S/C23H24N2/c1-24-16-15-23(25-2)20-13-11-19(12-14-20)22-10-6-9-21(17-22)18-7-4-3-5-8-18/h3-17,23-25H,1-2H3/b16-15-. The van der Waals surface area contributed by atoms with Crippen LogP contribution in [0.5, 0.6) is 0 Å². The molecule has 0 radical (unpaired) electrons. The lowest BCUT2D eigenvalue weighted by Crippen LogP contribution is -2.14. The summed E-state index contributed by atoms with van der Waals surface area (Å²) in [7, 11) is 3.88. The van der Waals surface area contributed by atoms with Gasteiger partial charge in [-0.1, -0.05) is 72.8 Å². The molecule has 0 amide bonds. The summed E-state index contributed by atoms with van der Waals surface area (Å²) in [5.74, 6) is 0. The maximum atomic E-state index is 3.32. The van der Waals surface area contributed by atoms with Crippen LogP contribution in [0.25, 0.3) is 22.3 Å². The number of rotatable bonds is 6. The molecule has 3 aromatic carbocycles. The van der Waals surface area contributed by atoms with Crippen molar-refractivity contribution < 1.29 is 0 Å². The molecule has 3 rings (SSSR count). The predicted molar refractivity (Wildman–Crippen MR) is 107 cm³/mol. The minimum atomic E-state index is 0.206. The van der Waals surface area contributed by atoms with E-state index in [-0.39, 0.29) is 6.04 Å². The Balaban J connectivity index is 1.86. The van der Waals surface area contributed by atoms with Crippen molar-refractivity contribution in [1.82, 2.24) is 10.6 Å². The molecular weight excluding hydrogens is 304 g/mol. The lowest BCUT2D eigenvalue weighted by atomic mass is 9.97. The second-order valence-corrected chi connectivity index (χ2v) is 5.98. The summed E-state index contributed by atoms with van der Waals surface area (Å²) in [6.07, 6.45) is 4.07. The molecule has 0 fully saturated rings. The molecule has 0 saturated heterocycles. The highest BCUT2D eigenvalue weighted by atomic mass is 14.9. The maximum absolute atomic E-state index is 3.32. The third-order valence-electron chi connectivity index (χ3n) is 4.34. The van der Waals surface area contributed by atoms with Gasteiger partial charge >= 0.3 is 0 Å². The van der Waals surface area contributed by atoms with Gasteiger partial charge in [0.05, 0.1) is 6.04 Å². The van der Waals surface area contributed by atoms with Crippen molar-refractivity contribution in [2.45, 2.75) is 6.04 Å². The molecule has 0 spiro atoms. The second-order valence-electron chi connectivity index (χ2n) is 5.98. The minimum absolute atomic E-state index is 0.206. The van der Waals surface area contributed by atoms with Crippen LogP contribution in [0.2, 0.25) is 0 Å². The van der Waals surface area contributed by atoms with Gasteiger partial charge in [-0.25, -0.2) is 0 Å². The van der Waals surface area contributed by atoms with Crippen molar-refractivity contribution in [3.63, 3.8) is 0 Å². The monoisotopic (exact) mass is 328 g/mol. The number of hydrogen-bond donors (Lipinski definition) is 2. The van der Waals surface area contributed by atoms with Crippen LogP contribution < -0.4 is 10.6 Å². The van der Waals surface area contributed by atoms with Crippen molar-refractivity contribution in [2.24, 2.45) is 0 Å². The molecule has 2 heteroatoms. The van der Waals surface area contributed by atoms with E-state index in [0.29, 0.717) is 0 Å². The summed E-state index contributed by atoms with van der Waals surface area (Å²) >= 11 is 0. The molecule has 2 N–H and O–H groups in total. The Morgan fingerprint density at radius 1 is 0.680 bits per heavy atom. The van der Waals surface area contributed by atoms with Gasteiger partial charge in [-0.15, -0.1) is 0 Å². The normalized spacial score (nSPS) is 12.2. The number of nitrogens with one attached hydrogen (secondary N) is 2. The molecule has 2 nitrogen and oxygen atoms in total. The van der Waals surface area contributed by atoms with Gasteiger partial charge in [-0.3, -0.25) is 0 Å². The molecule has 1 unspecified atom stereocenters. The number of likely N-dealkylation sites (N-methyl/N-ethyl adjacent to an activating group) is 1. The van der Waals surface area contributed by atoms with E-state index in [0.717, 1.165) is 0 Å². The van der Waals surface area contributed by atoms with Crippen LogP contribution in [-0.2, 0) is 0 Å². The van der Waals surface area contributed by atoms with Crippen LogP contribution in [0.4, 0.5) is 0 Å². The smallest absolute Gasteiger partial charge is 0.0520 e. The zero-order valence-electron chi connectivity index (χ0n) is 14.7. The molecule has 0 aliphatic carbocycles. The van der Waals surface area contributed by atoms with Crippen molar-refractivity contribution in [3.05, 3.63) is 96.7 Å². The van der Waals surface area contributed by atoms with Crippen molar-refractivity contribution in [3.8, 4) is 22.3 Å². The second kappa shape index (κ2) is 8.32. The quantitative estimate of drug-likeness (QED) is 0.664. The first-order valence-electron chi connectivity index (χ1n) is 8.59. The topological polar surface area (TPSA) is 24.1 Å². The minimum Gasteiger partial charge on any atom is -0.394 e. The highest BCUT2D eigenvalue weighted by Gasteiger charge is 2.06. The summed E-state index contributed by atoms with van der Waals surface area (Å²) in [5, 5.41) is 6.36. The Hall–Kier alpha value is -2.84. The van der Waals surface area contributed by atoms with Crippen LogP contribution in [0.3, 0.4) is 0 Å². The van der Waals surface area contributed by atoms with Gasteiger partial charge < -0.3 is 10.6 Å². The third-order valence-corrected chi connectivity index (χ3v) is 4.34. The van der Waals surface area contributed by atoms with Gasteiger partial charge in [0.25, 0.3) is 0 Å². The molecule has 0 aliphatic heterocycles. The average Bonchev–Trinajstić information content (AvgIpc) is 2.70. The van der Waals surface area contributed by atoms with E-state index in [1.807, 2.05) is 26.4 Å².